The van der Waals surface area contributed by atoms with Gasteiger partial charge in [-0.15, -0.1) is 0 Å². The zero-order valence-corrected chi connectivity index (χ0v) is 9.38. The molecule has 0 radical (unpaired) electrons. The fourth-order valence-corrected chi connectivity index (χ4v) is 1.80. The molecular weight excluding hydrogens is 206 g/mol. The van der Waals surface area contributed by atoms with Gasteiger partial charge in [0.2, 0.25) is 0 Å². The van der Waals surface area contributed by atoms with Crippen molar-refractivity contribution in [3.8, 4) is 5.75 Å². The molecule has 1 atom stereocenters. The summed E-state index contributed by atoms with van der Waals surface area (Å²) in [6, 6.07) is 6.95. The second kappa shape index (κ2) is 4.04. The molecule has 1 N–H and O–H groups in total. The van der Waals surface area contributed by atoms with E-state index in [4.69, 9.17) is 4.74 Å². The highest BCUT2D eigenvalue weighted by Gasteiger charge is 2.33. The number of hydrogen-bond acceptors (Lipinski definition) is 3. The summed E-state index contributed by atoms with van der Waals surface area (Å²) in [5.41, 5.74) is 0.830. The van der Waals surface area contributed by atoms with Crippen LogP contribution in [0.5, 0.6) is 5.75 Å². The molecule has 1 saturated heterocycles. The van der Waals surface area contributed by atoms with Gasteiger partial charge in [0.05, 0.1) is 6.54 Å². The molecule has 1 heterocycles. The Labute approximate surface area is 94.4 Å². The van der Waals surface area contributed by atoms with E-state index in [1.54, 1.807) is 23.1 Å². The molecule has 1 aromatic carbocycles. The molecule has 1 fully saturated rings. The predicted octanol–water partition coefficient (Wildman–Crippen LogP) is 2.29. The number of aromatic hydroxyl groups is 1. The minimum Gasteiger partial charge on any atom is -0.508 e. The fraction of sp³-hybridized carbons (Fsp3) is 0.417. The first-order valence-corrected chi connectivity index (χ1v) is 5.34. The largest absolute Gasteiger partial charge is 0.508 e. The molecule has 86 valence electrons. The molecule has 0 aliphatic carbocycles. The molecule has 1 aliphatic rings. The molecule has 0 bridgehead atoms. The Morgan fingerprint density at radius 2 is 2.25 bits per heavy atom. The highest BCUT2D eigenvalue weighted by Crippen LogP contribution is 2.28. The van der Waals surface area contributed by atoms with Gasteiger partial charge in [0.25, 0.3) is 0 Å². The summed E-state index contributed by atoms with van der Waals surface area (Å²) < 4.78 is 5.25. The monoisotopic (exact) mass is 221 g/mol. The van der Waals surface area contributed by atoms with Crippen LogP contribution in [0.1, 0.15) is 25.5 Å². The quantitative estimate of drug-likeness (QED) is 0.833. The van der Waals surface area contributed by atoms with E-state index in [0.717, 1.165) is 5.56 Å². The Bertz CT molecular complexity index is 403. The number of phenols is 1. The first kappa shape index (κ1) is 10.8. The second-order valence-electron chi connectivity index (χ2n) is 4.21. The molecule has 1 aromatic rings. The van der Waals surface area contributed by atoms with Crippen molar-refractivity contribution >= 4 is 6.09 Å². The number of benzene rings is 1. The van der Waals surface area contributed by atoms with Crippen LogP contribution < -0.4 is 0 Å². The number of hydrogen-bond donors (Lipinski definition) is 1. The van der Waals surface area contributed by atoms with Crippen LogP contribution in [0.25, 0.3) is 0 Å². The van der Waals surface area contributed by atoms with E-state index in [-0.39, 0.29) is 24.0 Å². The first-order chi connectivity index (χ1) is 7.58. The molecule has 0 spiro atoms. The third kappa shape index (κ3) is 1.96. The van der Waals surface area contributed by atoms with Crippen LogP contribution in [0.15, 0.2) is 24.3 Å². The van der Waals surface area contributed by atoms with Crippen molar-refractivity contribution in [3.05, 3.63) is 29.8 Å². The van der Waals surface area contributed by atoms with E-state index in [1.165, 1.54) is 0 Å². The molecule has 1 amide bonds. The minimum absolute atomic E-state index is 0.134. The molecule has 4 heteroatoms. The summed E-state index contributed by atoms with van der Waals surface area (Å²) in [6.07, 6.45) is -0.564. The van der Waals surface area contributed by atoms with E-state index in [1.807, 2.05) is 19.9 Å². The van der Waals surface area contributed by atoms with Gasteiger partial charge in [-0.2, -0.15) is 0 Å². The van der Waals surface area contributed by atoms with Gasteiger partial charge >= 0.3 is 6.09 Å². The maximum Gasteiger partial charge on any atom is 0.410 e. The maximum absolute atomic E-state index is 11.5. The Morgan fingerprint density at radius 3 is 2.81 bits per heavy atom. The lowest BCUT2D eigenvalue weighted by molar-refractivity contribution is 0.130. The Balaban J connectivity index is 2.17. The summed E-state index contributed by atoms with van der Waals surface area (Å²) in [6.45, 7) is 4.44. The molecule has 1 unspecified atom stereocenters. The lowest BCUT2D eigenvalue weighted by atomic mass is 10.1. The van der Waals surface area contributed by atoms with Gasteiger partial charge in [0.15, 0.2) is 0 Å². The average Bonchev–Trinajstić information content (AvgIpc) is 2.60. The Morgan fingerprint density at radius 1 is 1.50 bits per heavy atom. The van der Waals surface area contributed by atoms with E-state index < -0.39 is 0 Å². The first-order valence-electron chi connectivity index (χ1n) is 5.34. The molecule has 1 aliphatic heterocycles. The number of amides is 1. The van der Waals surface area contributed by atoms with Crippen molar-refractivity contribution < 1.29 is 14.6 Å². The molecule has 2 rings (SSSR count). The average molecular weight is 221 g/mol. The van der Waals surface area contributed by atoms with Crippen LogP contribution in [-0.4, -0.2) is 28.7 Å². The fourth-order valence-electron chi connectivity index (χ4n) is 1.80. The lowest BCUT2D eigenvalue weighted by Gasteiger charge is -2.16. The molecule has 0 saturated carbocycles. The van der Waals surface area contributed by atoms with E-state index >= 15 is 0 Å². The number of rotatable bonds is 2. The van der Waals surface area contributed by atoms with Gasteiger partial charge in [-0.25, -0.2) is 4.79 Å². The summed E-state index contributed by atoms with van der Waals surface area (Å²) in [4.78, 5) is 13.2. The highest BCUT2D eigenvalue weighted by atomic mass is 16.6. The zero-order chi connectivity index (χ0) is 11.7. The van der Waals surface area contributed by atoms with Gasteiger partial charge in [-0.3, -0.25) is 0 Å². The third-order valence-electron chi connectivity index (χ3n) is 2.71. The van der Waals surface area contributed by atoms with E-state index in [2.05, 4.69) is 0 Å². The van der Waals surface area contributed by atoms with Gasteiger partial charge in [0, 0.05) is 6.04 Å². The Hall–Kier alpha value is -1.71. The van der Waals surface area contributed by atoms with Crippen LogP contribution >= 0.6 is 0 Å². The van der Waals surface area contributed by atoms with Gasteiger partial charge in [-0.1, -0.05) is 12.1 Å². The minimum atomic E-state index is -0.289. The summed E-state index contributed by atoms with van der Waals surface area (Å²) in [5, 5.41) is 9.36. The second-order valence-corrected chi connectivity index (χ2v) is 4.21. The van der Waals surface area contributed by atoms with Gasteiger partial charge in [-0.05, 0) is 31.5 Å². The van der Waals surface area contributed by atoms with Crippen molar-refractivity contribution in [1.29, 1.82) is 0 Å². The number of cyclic esters (lactones) is 1. The highest BCUT2D eigenvalue weighted by molar-refractivity contribution is 5.70. The zero-order valence-electron chi connectivity index (χ0n) is 9.38. The molecule has 16 heavy (non-hydrogen) atoms. The summed E-state index contributed by atoms with van der Waals surface area (Å²) in [7, 11) is 0. The van der Waals surface area contributed by atoms with Crippen LogP contribution in [0.2, 0.25) is 0 Å². The van der Waals surface area contributed by atoms with Crippen LogP contribution in [0, 0.1) is 0 Å². The van der Waals surface area contributed by atoms with Crippen molar-refractivity contribution in [2.75, 3.05) is 6.54 Å². The van der Waals surface area contributed by atoms with E-state index in [0.29, 0.717) is 6.54 Å². The number of carbonyl (C=O) groups is 1. The topological polar surface area (TPSA) is 49.8 Å². The standard InChI is InChI=1S/C12H15NO3/c1-8(2)13-7-11(16-12(13)15)9-4-3-5-10(14)6-9/h3-6,8,11,14H,7H2,1-2H3. The van der Waals surface area contributed by atoms with Crippen molar-refractivity contribution in [2.45, 2.75) is 26.0 Å². The van der Waals surface area contributed by atoms with Crippen LogP contribution in [0.4, 0.5) is 4.79 Å². The van der Waals surface area contributed by atoms with Gasteiger partial charge in [0.1, 0.15) is 11.9 Å². The molecule has 0 aromatic heterocycles. The van der Waals surface area contributed by atoms with E-state index in [9.17, 15) is 9.90 Å². The van der Waals surface area contributed by atoms with Crippen molar-refractivity contribution in [1.82, 2.24) is 4.90 Å². The van der Waals surface area contributed by atoms with Crippen molar-refractivity contribution in [2.24, 2.45) is 0 Å². The lowest BCUT2D eigenvalue weighted by Crippen LogP contribution is -2.31. The summed E-state index contributed by atoms with van der Waals surface area (Å²) >= 11 is 0. The number of ether oxygens (including phenoxy) is 1. The SMILES string of the molecule is CC(C)N1CC(c2cccc(O)c2)OC1=O. The molecular formula is C12H15NO3. The maximum atomic E-state index is 11.5. The number of carbonyl (C=O) groups excluding carboxylic acids is 1. The predicted molar refractivity (Wildman–Crippen MR) is 59.2 cm³/mol. The Kier molecular flexibility index (Phi) is 2.73. The molecule has 4 nitrogen and oxygen atoms in total. The van der Waals surface area contributed by atoms with Crippen LogP contribution in [0.3, 0.4) is 0 Å². The normalized spacial score (nSPS) is 20.3. The van der Waals surface area contributed by atoms with Crippen molar-refractivity contribution in [3.63, 3.8) is 0 Å². The number of nitrogens with zero attached hydrogens (tertiary/aromatic N) is 1. The smallest absolute Gasteiger partial charge is 0.410 e. The van der Waals surface area contributed by atoms with Crippen LogP contribution in [-0.2, 0) is 4.74 Å². The summed E-state index contributed by atoms with van der Waals surface area (Å²) in [5.74, 6) is 0.191. The van der Waals surface area contributed by atoms with Gasteiger partial charge < -0.3 is 14.7 Å². The number of phenolic OH excluding ortho intramolecular Hbond substituents is 1. The third-order valence-corrected chi connectivity index (χ3v) is 2.71.